The molecule has 0 aromatic carbocycles. The van der Waals surface area contributed by atoms with Crippen molar-refractivity contribution in [3.63, 3.8) is 0 Å². The number of ketones is 1. The quantitative estimate of drug-likeness (QED) is 0.312. The van der Waals surface area contributed by atoms with Gasteiger partial charge in [-0.05, 0) is 5.92 Å². The molecule has 0 saturated carbocycles. The molecule has 0 saturated heterocycles. The van der Waals surface area contributed by atoms with Crippen molar-refractivity contribution in [3.8, 4) is 0 Å². The molecular formula is C6H9NaO3. The van der Waals surface area contributed by atoms with E-state index in [0.717, 1.165) is 0 Å². The molecule has 0 N–H and O–H groups in total. The Morgan fingerprint density at radius 3 is 2.50 bits per heavy atom. The van der Waals surface area contributed by atoms with E-state index >= 15 is 0 Å². The summed E-state index contributed by atoms with van der Waals surface area (Å²) < 4.78 is 20.5. The van der Waals surface area contributed by atoms with E-state index < -0.39 is 30.9 Å². The Morgan fingerprint density at radius 1 is 1.70 bits per heavy atom. The van der Waals surface area contributed by atoms with Crippen molar-refractivity contribution >= 4 is 11.8 Å². The van der Waals surface area contributed by atoms with Gasteiger partial charge in [0, 0.05) is 10.5 Å². The van der Waals surface area contributed by atoms with Crippen LogP contribution in [0, 0.1) is 5.92 Å². The Bertz CT molecular complexity index is 202. The summed E-state index contributed by atoms with van der Waals surface area (Å²) in [5.41, 5.74) is 0. The number of hydrogen-bond donors (Lipinski definition) is 0. The first-order chi connectivity index (χ1) is 5.25. The van der Waals surface area contributed by atoms with Gasteiger partial charge < -0.3 is 9.90 Å². The van der Waals surface area contributed by atoms with Crippen LogP contribution in [-0.4, -0.2) is 11.8 Å². The molecule has 52 valence electrons. The number of aliphatic carboxylic acids is 1. The van der Waals surface area contributed by atoms with E-state index in [1.165, 1.54) is 6.92 Å². The summed E-state index contributed by atoms with van der Waals surface area (Å²) in [4.78, 5) is 20.4. The molecule has 0 aliphatic carbocycles. The van der Waals surface area contributed by atoms with Crippen molar-refractivity contribution in [1.29, 1.82) is 0 Å². The maximum atomic E-state index is 10.5. The molecular weight excluding hydrogens is 143 g/mol. The van der Waals surface area contributed by atoms with Crippen molar-refractivity contribution in [2.24, 2.45) is 5.92 Å². The molecule has 0 aliphatic rings. The van der Waals surface area contributed by atoms with Crippen molar-refractivity contribution in [3.05, 3.63) is 0 Å². The third kappa shape index (κ3) is 6.26. The number of rotatable bonds is 3. The first kappa shape index (κ1) is 6.83. The fourth-order valence-electron chi connectivity index (χ4n) is 0.361. The minimum Gasteiger partial charge on any atom is -0.542 e. The Kier molecular flexibility index (Phi) is 4.02. The SMILES string of the molecule is [2H]C([2H])([2H])[C@@H](C)CC(=O)C(=O)[O-].[Na+]. The van der Waals surface area contributed by atoms with E-state index in [4.69, 9.17) is 4.11 Å². The first-order valence-electron chi connectivity index (χ1n) is 3.99. The number of carbonyl (C=O) groups is 2. The van der Waals surface area contributed by atoms with Crippen LogP contribution in [0.2, 0.25) is 0 Å². The molecule has 0 amide bonds. The van der Waals surface area contributed by atoms with E-state index in [2.05, 4.69) is 0 Å². The van der Waals surface area contributed by atoms with E-state index in [-0.39, 0.29) is 29.6 Å². The molecule has 0 spiro atoms. The maximum Gasteiger partial charge on any atom is 1.00 e. The fourth-order valence-corrected chi connectivity index (χ4v) is 0.361. The smallest absolute Gasteiger partial charge is 0.542 e. The molecule has 0 unspecified atom stereocenters. The monoisotopic (exact) mass is 155 g/mol. The standard InChI is InChI=1S/C6H10O3.Na/c1-4(2)3-5(7)6(8)9;/h4H,3H2,1-2H3,(H,8,9);/q;+1/p-1/i1D3;/t4-;/m0./s1. The van der Waals surface area contributed by atoms with Crippen molar-refractivity contribution in [2.75, 3.05) is 0 Å². The van der Waals surface area contributed by atoms with E-state index in [9.17, 15) is 14.7 Å². The van der Waals surface area contributed by atoms with Gasteiger partial charge in [-0.15, -0.1) is 0 Å². The Morgan fingerprint density at radius 2 is 2.20 bits per heavy atom. The Hall–Kier alpha value is 0.140. The first-order valence-corrected chi connectivity index (χ1v) is 2.49. The van der Waals surface area contributed by atoms with Gasteiger partial charge in [-0.1, -0.05) is 13.8 Å². The molecule has 0 bridgehead atoms. The van der Waals surface area contributed by atoms with Gasteiger partial charge in [-0.3, -0.25) is 4.79 Å². The second kappa shape index (κ2) is 5.89. The second-order valence-electron chi connectivity index (χ2n) is 1.82. The number of hydrogen-bond acceptors (Lipinski definition) is 3. The van der Waals surface area contributed by atoms with Crippen molar-refractivity contribution in [1.82, 2.24) is 0 Å². The largest absolute Gasteiger partial charge is 1.00 e. The number of carbonyl (C=O) groups excluding carboxylic acids is 2. The van der Waals surface area contributed by atoms with Crippen LogP contribution in [0.3, 0.4) is 0 Å². The van der Waals surface area contributed by atoms with Gasteiger partial charge in [0.2, 0.25) is 0 Å². The van der Waals surface area contributed by atoms with Gasteiger partial charge in [0.05, 0.1) is 0 Å². The van der Waals surface area contributed by atoms with Gasteiger partial charge in [0.15, 0.2) is 5.78 Å². The van der Waals surface area contributed by atoms with Crippen LogP contribution in [0.25, 0.3) is 0 Å². The van der Waals surface area contributed by atoms with Crippen LogP contribution in [-0.2, 0) is 9.59 Å². The van der Waals surface area contributed by atoms with E-state index in [0.29, 0.717) is 0 Å². The summed E-state index contributed by atoms with van der Waals surface area (Å²) in [6, 6.07) is 0. The van der Waals surface area contributed by atoms with Crippen LogP contribution in [0.5, 0.6) is 0 Å². The van der Waals surface area contributed by atoms with Crippen LogP contribution >= 0.6 is 0 Å². The van der Waals surface area contributed by atoms with Crippen molar-refractivity contribution in [2.45, 2.75) is 20.2 Å². The molecule has 0 heterocycles. The molecule has 1 atom stereocenters. The normalized spacial score (nSPS) is 17.1. The summed E-state index contributed by atoms with van der Waals surface area (Å²) in [7, 11) is 0. The zero-order chi connectivity index (χ0) is 9.94. The topological polar surface area (TPSA) is 57.2 Å². The summed E-state index contributed by atoms with van der Waals surface area (Å²) in [5.74, 6) is -3.94. The molecule has 0 aromatic heterocycles. The van der Waals surface area contributed by atoms with Gasteiger partial charge in [0.25, 0.3) is 0 Å². The average molecular weight is 155 g/mol. The molecule has 10 heavy (non-hydrogen) atoms. The fraction of sp³-hybridized carbons (Fsp3) is 0.667. The number of carboxylic acids is 1. The maximum absolute atomic E-state index is 10.5. The summed E-state index contributed by atoms with van der Waals surface area (Å²) in [6.45, 7) is -0.987. The zero-order valence-corrected chi connectivity index (χ0v) is 8.01. The molecule has 0 aliphatic heterocycles. The van der Waals surface area contributed by atoms with Gasteiger partial charge in [-0.2, -0.15) is 0 Å². The van der Waals surface area contributed by atoms with Crippen molar-refractivity contribution < 1.29 is 48.4 Å². The zero-order valence-electron chi connectivity index (χ0n) is 9.01. The van der Waals surface area contributed by atoms with Crippen LogP contribution in [0.1, 0.15) is 24.3 Å². The molecule has 3 nitrogen and oxygen atoms in total. The average Bonchev–Trinajstić information content (AvgIpc) is 1.85. The predicted molar refractivity (Wildman–Crippen MR) is 29.5 cm³/mol. The van der Waals surface area contributed by atoms with Crippen LogP contribution in [0.4, 0.5) is 0 Å². The van der Waals surface area contributed by atoms with Crippen LogP contribution in [0.15, 0.2) is 0 Å². The predicted octanol–water partition coefficient (Wildman–Crippen LogP) is -3.64. The molecule has 0 radical (unpaired) electrons. The number of Topliss-reactive ketones (excluding diaryl/α,β-unsaturated/α-hetero) is 1. The Balaban J connectivity index is 0. The minimum absolute atomic E-state index is 0. The van der Waals surface area contributed by atoms with Gasteiger partial charge in [-0.25, -0.2) is 0 Å². The minimum atomic E-state index is -2.29. The summed E-state index contributed by atoms with van der Waals surface area (Å²) in [6.07, 6.45) is -0.501. The molecule has 4 heteroatoms. The van der Waals surface area contributed by atoms with Gasteiger partial charge >= 0.3 is 29.6 Å². The third-order valence-corrected chi connectivity index (χ3v) is 0.719. The Labute approximate surface area is 86.3 Å². The van der Waals surface area contributed by atoms with Gasteiger partial charge in [0.1, 0.15) is 5.97 Å². The molecule has 0 aromatic rings. The van der Waals surface area contributed by atoms with E-state index in [1.54, 1.807) is 0 Å². The third-order valence-electron chi connectivity index (χ3n) is 0.719. The van der Waals surface area contributed by atoms with Crippen LogP contribution < -0.4 is 34.7 Å². The molecule has 0 rings (SSSR count). The summed E-state index contributed by atoms with van der Waals surface area (Å²) in [5, 5.41) is 9.92. The molecule has 0 fully saturated rings. The number of carboxylic acid groups (broad SMARTS) is 1. The summed E-state index contributed by atoms with van der Waals surface area (Å²) >= 11 is 0. The second-order valence-corrected chi connectivity index (χ2v) is 1.82. The van der Waals surface area contributed by atoms with E-state index in [1.807, 2.05) is 0 Å².